The van der Waals surface area contributed by atoms with Gasteiger partial charge in [0.25, 0.3) is 0 Å². The van der Waals surface area contributed by atoms with Crippen molar-refractivity contribution in [2.45, 2.75) is 72.8 Å². The second kappa shape index (κ2) is 5.53. The zero-order valence-electron chi connectivity index (χ0n) is 11.9. The van der Waals surface area contributed by atoms with E-state index < -0.39 is 0 Å². The second-order valence-electron chi connectivity index (χ2n) is 6.78. The van der Waals surface area contributed by atoms with Gasteiger partial charge in [-0.1, -0.05) is 47.5 Å². The van der Waals surface area contributed by atoms with Gasteiger partial charge in [0.15, 0.2) is 0 Å². The summed E-state index contributed by atoms with van der Waals surface area (Å²) in [7, 11) is 0. The molecular weight excluding hydrogens is 194 g/mol. The molecule has 0 spiro atoms. The number of nitrogens with two attached hydrogens (primary N) is 1. The van der Waals surface area contributed by atoms with Gasteiger partial charge in [-0.25, -0.2) is 0 Å². The summed E-state index contributed by atoms with van der Waals surface area (Å²) in [6, 6.07) is 0.462. The second-order valence-corrected chi connectivity index (χ2v) is 6.78. The minimum Gasteiger partial charge on any atom is -0.327 e. The van der Waals surface area contributed by atoms with Crippen LogP contribution in [0.15, 0.2) is 0 Å². The quantitative estimate of drug-likeness (QED) is 0.765. The van der Waals surface area contributed by atoms with Crippen LogP contribution in [0.4, 0.5) is 0 Å². The van der Waals surface area contributed by atoms with E-state index >= 15 is 0 Å². The van der Waals surface area contributed by atoms with Gasteiger partial charge in [0.2, 0.25) is 0 Å². The average molecular weight is 225 g/mol. The molecule has 1 saturated carbocycles. The molecular formula is C15H31N. The van der Waals surface area contributed by atoms with Crippen molar-refractivity contribution in [2.75, 3.05) is 0 Å². The van der Waals surface area contributed by atoms with Gasteiger partial charge in [-0.2, -0.15) is 0 Å². The lowest BCUT2D eigenvalue weighted by atomic mass is 9.64. The molecule has 0 aromatic rings. The Hall–Kier alpha value is -0.0400. The first-order chi connectivity index (χ1) is 7.40. The van der Waals surface area contributed by atoms with Crippen molar-refractivity contribution in [2.24, 2.45) is 28.9 Å². The third-order valence-corrected chi connectivity index (χ3v) is 4.83. The molecule has 1 fully saturated rings. The normalized spacial score (nSPS) is 32.1. The molecule has 0 bridgehead atoms. The summed E-state index contributed by atoms with van der Waals surface area (Å²) < 4.78 is 0. The maximum Gasteiger partial charge on any atom is 0.00700 e. The molecule has 2 N–H and O–H groups in total. The van der Waals surface area contributed by atoms with E-state index in [-0.39, 0.29) is 0 Å². The molecule has 0 aromatic heterocycles. The van der Waals surface area contributed by atoms with Crippen LogP contribution in [-0.2, 0) is 0 Å². The molecule has 1 nitrogen and oxygen atoms in total. The van der Waals surface area contributed by atoms with Crippen molar-refractivity contribution < 1.29 is 0 Å². The van der Waals surface area contributed by atoms with Crippen LogP contribution >= 0.6 is 0 Å². The van der Waals surface area contributed by atoms with E-state index in [0.717, 1.165) is 17.8 Å². The van der Waals surface area contributed by atoms with Crippen molar-refractivity contribution in [3.8, 4) is 0 Å². The summed E-state index contributed by atoms with van der Waals surface area (Å²) in [4.78, 5) is 0. The lowest BCUT2D eigenvalue weighted by Gasteiger charge is -2.43. The Morgan fingerprint density at radius 3 is 2.12 bits per heavy atom. The SMILES string of the molecule is CCC(CC)C1CC(C(C)(C)C)CCC1N. The van der Waals surface area contributed by atoms with E-state index in [0.29, 0.717) is 11.5 Å². The van der Waals surface area contributed by atoms with Crippen LogP contribution in [0.25, 0.3) is 0 Å². The Labute approximate surface area is 102 Å². The molecule has 1 aliphatic rings. The first-order valence-electron chi connectivity index (χ1n) is 7.15. The highest BCUT2D eigenvalue weighted by molar-refractivity contribution is 4.89. The predicted molar refractivity (Wildman–Crippen MR) is 72.3 cm³/mol. The zero-order chi connectivity index (χ0) is 12.3. The lowest BCUT2D eigenvalue weighted by molar-refractivity contribution is 0.0918. The van der Waals surface area contributed by atoms with Gasteiger partial charge in [0.05, 0.1) is 0 Å². The minimum atomic E-state index is 0.462. The monoisotopic (exact) mass is 225 g/mol. The van der Waals surface area contributed by atoms with Gasteiger partial charge in [-0.05, 0) is 42.4 Å². The van der Waals surface area contributed by atoms with Gasteiger partial charge in [0, 0.05) is 6.04 Å². The van der Waals surface area contributed by atoms with Crippen LogP contribution in [0.3, 0.4) is 0 Å². The van der Waals surface area contributed by atoms with Crippen molar-refractivity contribution in [3.05, 3.63) is 0 Å². The summed E-state index contributed by atoms with van der Waals surface area (Å²) >= 11 is 0. The van der Waals surface area contributed by atoms with E-state index in [2.05, 4.69) is 34.6 Å². The first kappa shape index (κ1) is 14.0. The molecule has 0 amide bonds. The average Bonchev–Trinajstić information content (AvgIpc) is 2.20. The van der Waals surface area contributed by atoms with Crippen LogP contribution in [0.1, 0.15) is 66.7 Å². The summed E-state index contributed by atoms with van der Waals surface area (Å²) in [6.45, 7) is 11.8. The van der Waals surface area contributed by atoms with E-state index in [1.54, 1.807) is 0 Å². The number of hydrogen-bond acceptors (Lipinski definition) is 1. The molecule has 1 heteroatoms. The van der Waals surface area contributed by atoms with Crippen molar-refractivity contribution in [1.29, 1.82) is 0 Å². The van der Waals surface area contributed by atoms with Crippen LogP contribution < -0.4 is 5.73 Å². The van der Waals surface area contributed by atoms with Gasteiger partial charge in [-0.15, -0.1) is 0 Å². The van der Waals surface area contributed by atoms with E-state index in [4.69, 9.17) is 5.73 Å². The first-order valence-corrected chi connectivity index (χ1v) is 7.15. The Morgan fingerprint density at radius 2 is 1.69 bits per heavy atom. The van der Waals surface area contributed by atoms with E-state index in [1.165, 1.54) is 32.1 Å². The summed E-state index contributed by atoms with van der Waals surface area (Å²) in [6.07, 6.45) is 6.53. The predicted octanol–water partition coefficient (Wildman–Crippen LogP) is 4.21. The molecule has 0 aliphatic heterocycles. The molecule has 0 radical (unpaired) electrons. The third-order valence-electron chi connectivity index (χ3n) is 4.83. The smallest absolute Gasteiger partial charge is 0.00700 e. The lowest BCUT2D eigenvalue weighted by Crippen LogP contribution is -2.42. The molecule has 3 unspecified atom stereocenters. The minimum absolute atomic E-state index is 0.462. The molecule has 0 saturated heterocycles. The van der Waals surface area contributed by atoms with Crippen LogP contribution in [0.2, 0.25) is 0 Å². The van der Waals surface area contributed by atoms with Gasteiger partial charge >= 0.3 is 0 Å². The molecule has 0 heterocycles. The van der Waals surface area contributed by atoms with Crippen molar-refractivity contribution in [1.82, 2.24) is 0 Å². The fourth-order valence-electron chi connectivity index (χ4n) is 3.45. The fourth-order valence-corrected chi connectivity index (χ4v) is 3.45. The Bertz CT molecular complexity index is 200. The summed E-state index contributed by atoms with van der Waals surface area (Å²) in [5.41, 5.74) is 6.80. The van der Waals surface area contributed by atoms with E-state index in [1.807, 2.05) is 0 Å². The molecule has 16 heavy (non-hydrogen) atoms. The number of rotatable bonds is 3. The molecule has 1 aliphatic carbocycles. The number of hydrogen-bond donors (Lipinski definition) is 1. The molecule has 3 atom stereocenters. The van der Waals surface area contributed by atoms with Crippen LogP contribution in [0, 0.1) is 23.2 Å². The van der Waals surface area contributed by atoms with E-state index in [9.17, 15) is 0 Å². The third kappa shape index (κ3) is 3.23. The summed E-state index contributed by atoms with van der Waals surface area (Å²) in [5.74, 6) is 2.49. The molecule has 1 rings (SSSR count). The molecule has 96 valence electrons. The Balaban J connectivity index is 2.68. The van der Waals surface area contributed by atoms with Gasteiger partial charge in [-0.3, -0.25) is 0 Å². The maximum absolute atomic E-state index is 6.34. The fraction of sp³-hybridized carbons (Fsp3) is 1.00. The van der Waals surface area contributed by atoms with Crippen molar-refractivity contribution >= 4 is 0 Å². The van der Waals surface area contributed by atoms with Crippen molar-refractivity contribution in [3.63, 3.8) is 0 Å². The Kier molecular flexibility index (Phi) is 4.85. The maximum atomic E-state index is 6.34. The highest BCUT2D eigenvalue weighted by atomic mass is 14.7. The largest absolute Gasteiger partial charge is 0.327 e. The molecule has 0 aromatic carbocycles. The van der Waals surface area contributed by atoms with Crippen LogP contribution in [0.5, 0.6) is 0 Å². The highest BCUT2D eigenvalue weighted by Gasteiger charge is 2.36. The topological polar surface area (TPSA) is 26.0 Å². The van der Waals surface area contributed by atoms with Crippen LogP contribution in [-0.4, -0.2) is 6.04 Å². The van der Waals surface area contributed by atoms with Gasteiger partial charge in [0.1, 0.15) is 0 Å². The Morgan fingerprint density at radius 1 is 1.12 bits per heavy atom. The summed E-state index contributed by atoms with van der Waals surface area (Å²) in [5, 5.41) is 0. The zero-order valence-corrected chi connectivity index (χ0v) is 11.9. The standard InChI is InChI=1S/C15H31N/c1-6-11(7-2)13-10-12(15(3,4)5)8-9-14(13)16/h11-14H,6-10,16H2,1-5H3. The highest BCUT2D eigenvalue weighted by Crippen LogP contribution is 2.43. The van der Waals surface area contributed by atoms with Gasteiger partial charge < -0.3 is 5.73 Å².